The van der Waals surface area contributed by atoms with Crippen LogP contribution in [0.4, 0.5) is 19.0 Å². The summed E-state index contributed by atoms with van der Waals surface area (Å²) in [5.74, 6) is 0.651. The first-order valence-electron chi connectivity index (χ1n) is 11.1. The zero-order valence-corrected chi connectivity index (χ0v) is 18.4. The SMILES string of the molecule is Cc1cc(N2CCN(CCN3CCCOCC3)CC2)nn1-c1ccc(OC(F)(F)F)cc1. The summed E-state index contributed by atoms with van der Waals surface area (Å²) < 4.78 is 48.3. The van der Waals surface area contributed by atoms with Crippen LogP contribution in [0.5, 0.6) is 5.75 Å². The van der Waals surface area contributed by atoms with Crippen LogP contribution in [-0.2, 0) is 4.74 Å². The monoisotopic (exact) mass is 453 g/mol. The van der Waals surface area contributed by atoms with Crippen LogP contribution in [0.1, 0.15) is 12.1 Å². The summed E-state index contributed by atoms with van der Waals surface area (Å²) in [4.78, 5) is 7.24. The summed E-state index contributed by atoms with van der Waals surface area (Å²) in [6.45, 7) is 11.7. The first-order valence-corrected chi connectivity index (χ1v) is 11.1. The van der Waals surface area contributed by atoms with Crippen molar-refractivity contribution in [3.8, 4) is 11.4 Å². The molecule has 2 saturated heterocycles. The van der Waals surface area contributed by atoms with Gasteiger partial charge in [0.2, 0.25) is 0 Å². The van der Waals surface area contributed by atoms with Crippen LogP contribution in [-0.4, -0.2) is 91.5 Å². The number of aryl methyl sites for hydroxylation is 1. The average Bonchev–Trinajstić information content (AvgIpc) is 2.96. The fourth-order valence-corrected chi connectivity index (χ4v) is 4.17. The van der Waals surface area contributed by atoms with Gasteiger partial charge in [0.05, 0.1) is 12.3 Å². The lowest BCUT2D eigenvalue weighted by Gasteiger charge is -2.35. The van der Waals surface area contributed by atoms with Crippen LogP contribution in [0.15, 0.2) is 30.3 Å². The second-order valence-electron chi connectivity index (χ2n) is 8.23. The zero-order chi connectivity index (χ0) is 22.6. The van der Waals surface area contributed by atoms with Crippen molar-refractivity contribution in [1.82, 2.24) is 19.6 Å². The molecule has 176 valence electrons. The molecule has 2 aliphatic rings. The van der Waals surface area contributed by atoms with Gasteiger partial charge in [0, 0.05) is 70.7 Å². The molecular weight excluding hydrogens is 423 g/mol. The van der Waals surface area contributed by atoms with Crippen molar-refractivity contribution in [2.75, 3.05) is 70.5 Å². The molecule has 0 aliphatic carbocycles. The van der Waals surface area contributed by atoms with Gasteiger partial charge in [-0.15, -0.1) is 13.2 Å². The van der Waals surface area contributed by atoms with E-state index in [1.54, 1.807) is 16.8 Å². The first-order chi connectivity index (χ1) is 15.4. The highest BCUT2D eigenvalue weighted by atomic mass is 19.4. The topological polar surface area (TPSA) is 46.0 Å². The van der Waals surface area contributed by atoms with Gasteiger partial charge in [-0.25, -0.2) is 4.68 Å². The molecule has 0 unspecified atom stereocenters. The van der Waals surface area contributed by atoms with Gasteiger partial charge < -0.3 is 14.4 Å². The molecule has 0 amide bonds. The van der Waals surface area contributed by atoms with Gasteiger partial charge in [0.25, 0.3) is 0 Å². The quantitative estimate of drug-likeness (QED) is 0.671. The number of benzene rings is 1. The van der Waals surface area contributed by atoms with Gasteiger partial charge in [-0.3, -0.25) is 9.80 Å². The van der Waals surface area contributed by atoms with E-state index in [2.05, 4.69) is 19.4 Å². The van der Waals surface area contributed by atoms with Crippen molar-refractivity contribution in [2.24, 2.45) is 0 Å². The van der Waals surface area contributed by atoms with Crippen LogP contribution in [0.3, 0.4) is 0 Å². The highest BCUT2D eigenvalue weighted by molar-refractivity contribution is 5.45. The van der Waals surface area contributed by atoms with Crippen molar-refractivity contribution >= 4 is 5.82 Å². The Morgan fingerprint density at radius 2 is 1.62 bits per heavy atom. The van der Waals surface area contributed by atoms with E-state index in [9.17, 15) is 13.2 Å². The lowest BCUT2D eigenvalue weighted by molar-refractivity contribution is -0.274. The minimum atomic E-state index is -4.69. The van der Waals surface area contributed by atoms with Crippen LogP contribution in [0.2, 0.25) is 0 Å². The number of nitrogens with zero attached hydrogens (tertiary/aromatic N) is 5. The summed E-state index contributed by atoms with van der Waals surface area (Å²) in [5.41, 5.74) is 1.62. The predicted molar refractivity (Wildman–Crippen MR) is 116 cm³/mol. The molecular formula is C22H30F3N5O2. The second kappa shape index (κ2) is 10.1. The Bertz CT molecular complexity index is 855. The van der Waals surface area contributed by atoms with E-state index in [0.717, 1.165) is 83.5 Å². The highest BCUT2D eigenvalue weighted by Crippen LogP contribution is 2.25. The number of piperazine rings is 1. The molecule has 0 spiro atoms. The third-order valence-corrected chi connectivity index (χ3v) is 5.93. The predicted octanol–water partition coefficient (Wildman–Crippen LogP) is 2.92. The summed E-state index contributed by atoms with van der Waals surface area (Å²) in [5, 5.41) is 4.70. The number of hydrogen-bond donors (Lipinski definition) is 0. The Morgan fingerprint density at radius 3 is 2.31 bits per heavy atom. The van der Waals surface area contributed by atoms with Crippen LogP contribution in [0, 0.1) is 6.92 Å². The van der Waals surface area contributed by atoms with Crippen molar-refractivity contribution in [1.29, 1.82) is 0 Å². The number of aromatic nitrogens is 2. The Kier molecular flexibility index (Phi) is 7.22. The van der Waals surface area contributed by atoms with E-state index in [1.807, 2.05) is 13.0 Å². The number of rotatable bonds is 6. The van der Waals surface area contributed by atoms with Crippen molar-refractivity contribution in [2.45, 2.75) is 19.7 Å². The van der Waals surface area contributed by atoms with Crippen molar-refractivity contribution in [3.63, 3.8) is 0 Å². The Hall–Kier alpha value is -2.30. The Balaban J connectivity index is 1.30. The van der Waals surface area contributed by atoms with Crippen LogP contribution in [0.25, 0.3) is 5.69 Å². The van der Waals surface area contributed by atoms with E-state index >= 15 is 0 Å². The van der Waals surface area contributed by atoms with Gasteiger partial charge in [0.15, 0.2) is 5.82 Å². The number of ether oxygens (including phenoxy) is 2. The molecule has 2 aliphatic heterocycles. The summed E-state index contributed by atoms with van der Waals surface area (Å²) in [6.07, 6.45) is -3.59. The molecule has 7 nitrogen and oxygen atoms in total. The Morgan fingerprint density at radius 1 is 0.938 bits per heavy atom. The van der Waals surface area contributed by atoms with E-state index in [-0.39, 0.29) is 5.75 Å². The number of anilines is 1. The second-order valence-corrected chi connectivity index (χ2v) is 8.23. The molecule has 2 aromatic rings. The van der Waals surface area contributed by atoms with Gasteiger partial charge in [-0.05, 0) is 37.6 Å². The van der Waals surface area contributed by atoms with Gasteiger partial charge in [0.1, 0.15) is 5.75 Å². The molecule has 10 heteroatoms. The molecule has 32 heavy (non-hydrogen) atoms. The Labute approximate surface area is 186 Å². The maximum Gasteiger partial charge on any atom is 0.573 e. The lowest BCUT2D eigenvalue weighted by Crippen LogP contribution is -2.48. The maximum atomic E-state index is 12.4. The molecule has 2 fully saturated rings. The third kappa shape index (κ3) is 6.14. The summed E-state index contributed by atoms with van der Waals surface area (Å²) in [6, 6.07) is 7.79. The highest BCUT2D eigenvalue weighted by Gasteiger charge is 2.31. The van der Waals surface area contributed by atoms with Gasteiger partial charge in [-0.2, -0.15) is 5.10 Å². The zero-order valence-electron chi connectivity index (χ0n) is 18.4. The maximum absolute atomic E-state index is 12.4. The minimum Gasteiger partial charge on any atom is -0.406 e. The van der Waals surface area contributed by atoms with E-state index < -0.39 is 6.36 Å². The van der Waals surface area contributed by atoms with E-state index in [0.29, 0.717) is 5.69 Å². The molecule has 0 radical (unpaired) electrons. The fourth-order valence-electron chi connectivity index (χ4n) is 4.17. The van der Waals surface area contributed by atoms with Gasteiger partial charge in [-0.1, -0.05) is 0 Å². The molecule has 0 N–H and O–H groups in total. The van der Waals surface area contributed by atoms with Crippen LogP contribution < -0.4 is 9.64 Å². The molecule has 0 saturated carbocycles. The van der Waals surface area contributed by atoms with E-state index in [1.165, 1.54) is 12.1 Å². The number of hydrogen-bond acceptors (Lipinski definition) is 6. The normalized spacial score (nSPS) is 19.2. The van der Waals surface area contributed by atoms with Gasteiger partial charge >= 0.3 is 6.36 Å². The lowest BCUT2D eigenvalue weighted by atomic mass is 10.3. The molecule has 3 heterocycles. The van der Waals surface area contributed by atoms with E-state index in [4.69, 9.17) is 9.84 Å². The van der Waals surface area contributed by atoms with Crippen molar-refractivity contribution in [3.05, 3.63) is 36.0 Å². The minimum absolute atomic E-state index is 0.241. The number of halogens is 3. The standard InChI is InChI=1S/C22H30F3N5O2/c1-18-17-21(26-30(18)19-3-5-20(6-4-19)32-22(23,24)25)29-12-10-28(11-13-29)9-8-27-7-2-15-31-16-14-27/h3-6,17H,2,7-16H2,1H3. The largest absolute Gasteiger partial charge is 0.573 e. The van der Waals surface area contributed by atoms with Crippen molar-refractivity contribution < 1.29 is 22.6 Å². The molecule has 4 rings (SSSR count). The first kappa shape index (κ1) is 22.9. The summed E-state index contributed by atoms with van der Waals surface area (Å²) >= 11 is 0. The molecule has 0 atom stereocenters. The number of alkyl halides is 3. The molecule has 0 bridgehead atoms. The fraction of sp³-hybridized carbons (Fsp3) is 0.591. The summed E-state index contributed by atoms with van der Waals surface area (Å²) in [7, 11) is 0. The average molecular weight is 454 g/mol. The smallest absolute Gasteiger partial charge is 0.406 e. The molecule has 1 aromatic carbocycles. The van der Waals surface area contributed by atoms with Crippen LogP contribution >= 0.6 is 0 Å². The third-order valence-electron chi connectivity index (χ3n) is 5.93. The molecule has 1 aromatic heterocycles.